The van der Waals surface area contributed by atoms with Gasteiger partial charge in [0.25, 0.3) is 5.91 Å². The normalized spacial score (nSPS) is 20.6. The minimum absolute atomic E-state index is 0.161. The van der Waals surface area contributed by atoms with Crippen LogP contribution < -0.4 is 10.6 Å². The topological polar surface area (TPSA) is 56.7 Å². The van der Waals surface area contributed by atoms with Crippen LogP contribution in [0.15, 0.2) is 29.3 Å². The standard InChI is InChI=1S/C21H32N4OS/c1-2-22-21(24-16-19-7-6-14-27-19)23-15-17-8-10-18(11-9-17)20(26)25-12-4-3-5-13-25/h8-11,19H,2-7,12-16H2,1H3,(H2,22,23,24). The molecule has 2 heterocycles. The molecule has 2 aliphatic heterocycles. The number of carbonyl (C=O) groups is 1. The van der Waals surface area contributed by atoms with E-state index in [1.165, 1.54) is 25.0 Å². The van der Waals surface area contributed by atoms with Crippen LogP contribution in [-0.2, 0) is 6.54 Å². The zero-order valence-corrected chi connectivity index (χ0v) is 17.2. The van der Waals surface area contributed by atoms with Gasteiger partial charge in [0.15, 0.2) is 5.96 Å². The molecule has 1 aromatic rings. The molecule has 2 fully saturated rings. The predicted molar refractivity (Wildman–Crippen MR) is 114 cm³/mol. The average Bonchev–Trinajstić information content (AvgIpc) is 3.24. The lowest BCUT2D eigenvalue weighted by atomic mass is 10.1. The third-order valence-corrected chi connectivity index (χ3v) is 6.53. The molecule has 0 bridgehead atoms. The number of guanidine groups is 1. The summed E-state index contributed by atoms with van der Waals surface area (Å²) < 4.78 is 0. The summed E-state index contributed by atoms with van der Waals surface area (Å²) in [5, 5.41) is 7.48. The minimum atomic E-state index is 0.161. The van der Waals surface area contributed by atoms with Gasteiger partial charge in [-0.3, -0.25) is 4.79 Å². The summed E-state index contributed by atoms with van der Waals surface area (Å²) in [6.07, 6.45) is 6.11. The zero-order valence-electron chi connectivity index (χ0n) is 16.4. The van der Waals surface area contributed by atoms with Crippen LogP contribution in [0.5, 0.6) is 0 Å². The van der Waals surface area contributed by atoms with E-state index in [0.29, 0.717) is 11.8 Å². The van der Waals surface area contributed by atoms with Crippen LogP contribution in [0.1, 0.15) is 54.9 Å². The van der Waals surface area contributed by atoms with Crippen molar-refractivity contribution in [2.75, 3.05) is 31.9 Å². The Balaban J connectivity index is 1.53. The highest BCUT2D eigenvalue weighted by atomic mass is 32.2. The van der Waals surface area contributed by atoms with Gasteiger partial charge in [0.1, 0.15) is 0 Å². The minimum Gasteiger partial charge on any atom is -0.357 e. The molecule has 1 amide bonds. The second kappa shape index (κ2) is 10.6. The van der Waals surface area contributed by atoms with Gasteiger partial charge in [-0.1, -0.05) is 12.1 Å². The summed E-state index contributed by atoms with van der Waals surface area (Å²) in [6.45, 7) is 6.31. The number of aliphatic imine (C=N–C) groups is 1. The molecule has 1 atom stereocenters. The first kappa shape index (κ1) is 20.1. The van der Waals surface area contributed by atoms with E-state index >= 15 is 0 Å². The van der Waals surface area contributed by atoms with E-state index in [1.807, 2.05) is 29.2 Å². The van der Waals surface area contributed by atoms with E-state index < -0.39 is 0 Å². The Labute approximate surface area is 167 Å². The molecule has 148 valence electrons. The van der Waals surface area contributed by atoms with Crippen molar-refractivity contribution in [1.29, 1.82) is 0 Å². The van der Waals surface area contributed by atoms with Crippen molar-refractivity contribution in [3.05, 3.63) is 35.4 Å². The molecule has 1 aromatic carbocycles. The summed E-state index contributed by atoms with van der Waals surface area (Å²) in [6, 6.07) is 7.93. The highest BCUT2D eigenvalue weighted by Crippen LogP contribution is 2.25. The molecule has 3 rings (SSSR count). The van der Waals surface area contributed by atoms with Crippen molar-refractivity contribution in [3.63, 3.8) is 0 Å². The molecule has 2 saturated heterocycles. The Hall–Kier alpha value is -1.69. The van der Waals surface area contributed by atoms with Gasteiger partial charge >= 0.3 is 0 Å². The third kappa shape index (κ3) is 6.16. The number of piperidine rings is 1. The number of hydrogen-bond acceptors (Lipinski definition) is 3. The van der Waals surface area contributed by atoms with Gasteiger partial charge < -0.3 is 15.5 Å². The van der Waals surface area contributed by atoms with Gasteiger partial charge in [-0.15, -0.1) is 0 Å². The molecule has 0 aliphatic carbocycles. The number of nitrogens with zero attached hydrogens (tertiary/aromatic N) is 2. The van der Waals surface area contributed by atoms with Crippen molar-refractivity contribution in [2.24, 2.45) is 4.99 Å². The molecular formula is C21H32N4OS. The van der Waals surface area contributed by atoms with E-state index in [1.54, 1.807) is 0 Å². The van der Waals surface area contributed by atoms with Gasteiger partial charge in [-0.05, 0) is 62.5 Å². The quantitative estimate of drug-likeness (QED) is 0.580. The van der Waals surface area contributed by atoms with Crippen LogP contribution in [0.3, 0.4) is 0 Å². The Kier molecular flexibility index (Phi) is 7.87. The van der Waals surface area contributed by atoms with Crippen molar-refractivity contribution < 1.29 is 4.79 Å². The SMILES string of the molecule is CCNC(=NCc1ccc(C(=O)N2CCCCC2)cc1)NCC1CCCS1. The Morgan fingerprint density at radius 1 is 1.15 bits per heavy atom. The number of benzene rings is 1. The molecular weight excluding hydrogens is 356 g/mol. The van der Waals surface area contributed by atoms with Crippen molar-refractivity contribution >= 4 is 23.6 Å². The fourth-order valence-corrected chi connectivity index (χ4v) is 4.76. The second-order valence-electron chi connectivity index (χ2n) is 7.26. The summed E-state index contributed by atoms with van der Waals surface area (Å²) >= 11 is 2.05. The van der Waals surface area contributed by atoms with Crippen molar-refractivity contribution in [3.8, 4) is 0 Å². The lowest BCUT2D eigenvalue weighted by Crippen LogP contribution is -2.40. The van der Waals surface area contributed by atoms with Crippen LogP contribution in [0.25, 0.3) is 0 Å². The Morgan fingerprint density at radius 2 is 1.93 bits per heavy atom. The lowest BCUT2D eigenvalue weighted by molar-refractivity contribution is 0.0724. The van der Waals surface area contributed by atoms with E-state index in [9.17, 15) is 4.79 Å². The molecule has 1 unspecified atom stereocenters. The predicted octanol–water partition coefficient (Wildman–Crippen LogP) is 3.26. The van der Waals surface area contributed by atoms with Crippen LogP contribution in [0.2, 0.25) is 0 Å². The first-order chi connectivity index (χ1) is 13.3. The molecule has 0 aromatic heterocycles. The van der Waals surface area contributed by atoms with Gasteiger partial charge in [-0.2, -0.15) is 11.8 Å². The van der Waals surface area contributed by atoms with E-state index in [4.69, 9.17) is 4.99 Å². The van der Waals surface area contributed by atoms with Gasteiger partial charge in [-0.25, -0.2) is 4.99 Å². The summed E-state index contributed by atoms with van der Waals surface area (Å²) in [4.78, 5) is 19.2. The van der Waals surface area contributed by atoms with Gasteiger partial charge in [0.05, 0.1) is 6.54 Å². The average molecular weight is 389 g/mol. The number of nitrogens with one attached hydrogen (secondary N) is 2. The largest absolute Gasteiger partial charge is 0.357 e. The first-order valence-electron chi connectivity index (χ1n) is 10.3. The maximum Gasteiger partial charge on any atom is 0.253 e. The molecule has 27 heavy (non-hydrogen) atoms. The maximum atomic E-state index is 12.5. The molecule has 0 saturated carbocycles. The van der Waals surface area contributed by atoms with E-state index in [0.717, 1.165) is 56.1 Å². The summed E-state index contributed by atoms with van der Waals surface area (Å²) in [5.41, 5.74) is 1.91. The zero-order chi connectivity index (χ0) is 18.9. The van der Waals surface area contributed by atoms with E-state index in [-0.39, 0.29) is 5.91 Å². The van der Waals surface area contributed by atoms with Gasteiger partial charge in [0, 0.05) is 37.0 Å². The molecule has 2 aliphatic rings. The first-order valence-corrected chi connectivity index (χ1v) is 11.3. The monoisotopic (exact) mass is 388 g/mol. The highest BCUT2D eigenvalue weighted by Gasteiger charge is 2.18. The van der Waals surface area contributed by atoms with Gasteiger partial charge in [0.2, 0.25) is 0 Å². The Bertz CT molecular complexity index is 620. The fourth-order valence-electron chi connectivity index (χ4n) is 3.56. The Morgan fingerprint density at radius 3 is 2.59 bits per heavy atom. The third-order valence-electron chi connectivity index (χ3n) is 5.13. The van der Waals surface area contributed by atoms with Crippen LogP contribution >= 0.6 is 11.8 Å². The highest BCUT2D eigenvalue weighted by molar-refractivity contribution is 8.00. The number of likely N-dealkylation sites (tertiary alicyclic amines) is 1. The molecule has 6 heteroatoms. The number of amides is 1. The van der Waals surface area contributed by atoms with Crippen LogP contribution in [0.4, 0.5) is 0 Å². The van der Waals surface area contributed by atoms with Crippen LogP contribution in [0, 0.1) is 0 Å². The van der Waals surface area contributed by atoms with Crippen molar-refractivity contribution in [2.45, 2.75) is 50.8 Å². The van der Waals surface area contributed by atoms with Crippen LogP contribution in [-0.4, -0.2) is 53.9 Å². The smallest absolute Gasteiger partial charge is 0.253 e. The number of thioether (sulfide) groups is 1. The summed E-state index contributed by atoms with van der Waals surface area (Å²) in [5.74, 6) is 2.31. The van der Waals surface area contributed by atoms with E-state index in [2.05, 4.69) is 29.3 Å². The molecule has 0 spiro atoms. The maximum absolute atomic E-state index is 12.5. The molecule has 0 radical (unpaired) electrons. The summed E-state index contributed by atoms with van der Waals surface area (Å²) in [7, 11) is 0. The van der Waals surface area contributed by atoms with Crippen molar-refractivity contribution in [1.82, 2.24) is 15.5 Å². The fraction of sp³-hybridized carbons (Fsp3) is 0.619. The number of hydrogen-bond donors (Lipinski definition) is 2. The molecule has 2 N–H and O–H groups in total. The lowest BCUT2D eigenvalue weighted by Gasteiger charge is -2.26. The number of rotatable bonds is 6. The molecule has 5 nitrogen and oxygen atoms in total. The second-order valence-corrected chi connectivity index (χ2v) is 8.67. The number of carbonyl (C=O) groups excluding carboxylic acids is 1.